The molecule has 0 atom stereocenters. The molecule has 2 aromatic rings. The first kappa shape index (κ1) is 30.5. The molecule has 0 radical (unpaired) electrons. The SMILES string of the molecule is CC(C)(C)C1=CC(=C2C(=C3C=C(C(C)(C)C)C(=O)C(C(C)(C)C)=C3)c3ccc4c5c(ccc2c35)CC4)C=C(C(C)(C)C)C1=O. The van der Waals surface area contributed by atoms with Crippen molar-refractivity contribution in [3.8, 4) is 0 Å². The molecule has 0 fully saturated rings. The second-order valence-electron chi connectivity index (χ2n) is 17.3. The zero-order valence-electron chi connectivity index (χ0n) is 28.8. The van der Waals surface area contributed by atoms with E-state index in [2.05, 4.69) is 132 Å². The molecule has 0 saturated heterocycles. The maximum absolute atomic E-state index is 14.0. The van der Waals surface area contributed by atoms with Crippen molar-refractivity contribution in [2.24, 2.45) is 21.7 Å². The molecule has 6 rings (SSSR count). The minimum Gasteiger partial charge on any atom is -0.289 e. The second kappa shape index (κ2) is 9.49. The summed E-state index contributed by atoms with van der Waals surface area (Å²) in [7, 11) is 0. The summed E-state index contributed by atoms with van der Waals surface area (Å²) in [6, 6.07) is 9.27. The van der Waals surface area contributed by atoms with Crippen molar-refractivity contribution in [3.05, 3.63) is 104 Å². The van der Waals surface area contributed by atoms with E-state index in [1.807, 2.05) is 0 Å². The van der Waals surface area contributed by atoms with Crippen molar-refractivity contribution in [3.63, 3.8) is 0 Å². The molecular formula is C42H48O2. The maximum atomic E-state index is 14.0. The van der Waals surface area contributed by atoms with Crippen LogP contribution in [0.2, 0.25) is 0 Å². The molecule has 0 aliphatic heterocycles. The van der Waals surface area contributed by atoms with Gasteiger partial charge in [-0.15, -0.1) is 0 Å². The Morgan fingerprint density at radius 2 is 0.727 bits per heavy atom. The standard InChI is InChI=1S/C42H48O2/c1-39(2,3)29-19-25(20-30(37(29)43)40(4,5)6)34-27-17-15-23-13-14-24-16-18-28(36(27)33(23)24)35(34)26-21-31(41(7,8)9)38(44)32(22-26)42(10,11)12/h15-22H,13-14H2,1-12H3. The van der Waals surface area contributed by atoms with Crippen LogP contribution in [0.15, 0.2) is 82.0 Å². The summed E-state index contributed by atoms with van der Waals surface area (Å²) >= 11 is 0. The van der Waals surface area contributed by atoms with Gasteiger partial charge in [-0.1, -0.05) is 107 Å². The predicted molar refractivity (Wildman–Crippen MR) is 185 cm³/mol. The van der Waals surface area contributed by atoms with Gasteiger partial charge >= 0.3 is 0 Å². The second-order valence-corrected chi connectivity index (χ2v) is 17.3. The van der Waals surface area contributed by atoms with Crippen LogP contribution in [0, 0.1) is 21.7 Å². The van der Waals surface area contributed by atoms with Gasteiger partial charge in [0.2, 0.25) is 0 Å². The van der Waals surface area contributed by atoms with Crippen molar-refractivity contribution in [1.29, 1.82) is 0 Å². The highest BCUT2D eigenvalue weighted by Crippen LogP contribution is 2.54. The number of ketones is 2. The zero-order valence-corrected chi connectivity index (χ0v) is 28.8. The van der Waals surface area contributed by atoms with Gasteiger partial charge in [-0.2, -0.15) is 0 Å². The van der Waals surface area contributed by atoms with Gasteiger partial charge in [0, 0.05) is 22.3 Å². The van der Waals surface area contributed by atoms with E-state index in [0.29, 0.717) is 0 Å². The average Bonchev–Trinajstić information content (AvgIpc) is 3.44. The molecule has 0 saturated carbocycles. The predicted octanol–water partition coefficient (Wildman–Crippen LogP) is 10.5. The van der Waals surface area contributed by atoms with E-state index in [4.69, 9.17) is 0 Å². The molecule has 0 unspecified atom stereocenters. The molecule has 4 aliphatic rings. The first-order valence-electron chi connectivity index (χ1n) is 16.2. The highest BCUT2D eigenvalue weighted by molar-refractivity contribution is 6.27. The molecule has 0 heterocycles. The Morgan fingerprint density at radius 1 is 0.432 bits per heavy atom. The number of allylic oxidation sites excluding steroid dienone is 12. The molecular weight excluding hydrogens is 536 g/mol. The molecule has 0 spiro atoms. The van der Waals surface area contributed by atoms with E-state index in [-0.39, 0.29) is 33.2 Å². The molecule has 0 bridgehead atoms. The van der Waals surface area contributed by atoms with E-state index in [1.165, 1.54) is 44.2 Å². The van der Waals surface area contributed by atoms with Crippen molar-refractivity contribution < 1.29 is 9.59 Å². The van der Waals surface area contributed by atoms with Gasteiger partial charge in [-0.25, -0.2) is 0 Å². The molecule has 4 aliphatic carbocycles. The van der Waals surface area contributed by atoms with E-state index < -0.39 is 0 Å². The monoisotopic (exact) mass is 584 g/mol. The Kier molecular flexibility index (Phi) is 6.58. The van der Waals surface area contributed by atoms with E-state index in [1.54, 1.807) is 0 Å². The lowest BCUT2D eigenvalue weighted by Crippen LogP contribution is -2.28. The van der Waals surface area contributed by atoms with Crippen LogP contribution in [-0.2, 0) is 22.4 Å². The molecule has 2 aromatic carbocycles. The summed E-state index contributed by atoms with van der Waals surface area (Å²) in [5.74, 6) is 0.292. The van der Waals surface area contributed by atoms with E-state index in [9.17, 15) is 9.59 Å². The summed E-state index contributed by atoms with van der Waals surface area (Å²) in [5.41, 5.74) is 12.0. The highest BCUT2D eigenvalue weighted by Gasteiger charge is 2.39. The largest absolute Gasteiger partial charge is 0.289 e. The topological polar surface area (TPSA) is 34.1 Å². The van der Waals surface area contributed by atoms with Crippen LogP contribution in [-0.4, -0.2) is 11.6 Å². The smallest absolute Gasteiger partial charge is 0.186 e. The molecule has 0 amide bonds. The first-order chi connectivity index (χ1) is 20.2. The van der Waals surface area contributed by atoms with Crippen molar-refractivity contribution in [2.75, 3.05) is 0 Å². The van der Waals surface area contributed by atoms with Gasteiger partial charge in [0.25, 0.3) is 0 Å². The Balaban J connectivity index is 1.82. The van der Waals surface area contributed by atoms with Crippen LogP contribution in [0.4, 0.5) is 0 Å². The summed E-state index contributed by atoms with van der Waals surface area (Å²) in [5, 5.41) is 2.72. The summed E-state index contributed by atoms with van der Waals surface area (Å²) in [4.78, 5) is 28.0. The summed E-state index contributed by atoms with van der Waals surface area (Å²) in [6.07, 6.45) is 10.8. The van der Waals surface area contributed by atoms with Gasteiger partial charge in [-0.05, 0) is 114 Å². The number of benzene rings is 2. The highest BCUT2D eigenvalue weighted by atomic mass is 16.1. The van der Waals surface area contributed by atoms with Gasteiger partial charge in [0.1, 0.15) is 0 Å². The number of hydrogen-bond acceptors (Lipinski definition) is 2. The van der Waals surface area contributed by atoms with Gasteiger partial charge < -0.3 is 0 Å². The fourth-order valence-electron chi connectivity index (χ4n) is 7.39. The van der Waals surface area contributed by atoms with Crippen molar-refractivity contribution in [2.45, 2.75) is 95.9 Å². The van der Waals surface area contributed by atoms with Crippen LogP contribution < -0.4 is 0 Å². The summed E-state index contributed by atoms with van der Waals surface area (Å²) < 4.78 is 0. The van der Waals surface area contributed by atoms with E-state index in [0.717, 1.165) is 46.3 Å². The lowest BCUT2D eigenvalue weighted by molar-refractivity contribution is -0.114. The third kappa shape index (κ3) is 4.68. The Hall–Kier alpha value is -3.52. The van der Waals surface area contributed by atoms with Gasteiger partial charge in [0.05, 0.1) is 0 Å². The van der Waals surface area contributed by atoms with Crippen LogP contribution >= 0.6 is 0 Å². The Bertz CT molecular complexity index is 1670. The fraction of sp³-hybridized carbons (Fsp3) is 0.429. The number of carbonyl (C=O) groups excluding carboxylic acids is 2. The number of aryl methyl sites for hydroxylation is 2. The Morgan fingerprint density at radius 3 is 1.00 bits per heavy atom. The van der Waals surface area contributed by atoms with Crippen molar-refractivity contribution >= 4 is 33.5 Å². The van der Waals surface area contributed by atoms with Crippen molar-refractivity contribution in [1.82, 2.24) is 0 Å². The molecule has 2 nitrogen and oxygen atoms in total. The van der Waals surface area contributed by atoms with Crippen LogP contribution in [0.1, 0.15) is 105 Å². The van der Waals surface area contributed by atoms with Gasteiger partial charge in [0.15, 0.2) is 11.6 Å². The van der Waals surface area contributed by atoms with Gasteiger partial charge in [-0.3, -0.25) is 9.59 Å². The normalized spacial score (nSPS) is 19.2. The Labute approximate surface area is 264 Å². The quantitative estimate of drug-likeness (QED) is 0.309. The van der Waals surface area contributed by atoms with Crippen LogP contribution in [0.25, 0.3) is 21.9 Å². The number of Topliss-reactive ketones (excluding diaryl/α,β-unsaturated/α-hetero) is 2. The fourth-order valence-corrected chi connectivity index (χ4v) is 7.39. The average molecular weight is 585 g/mol. The molecule has 44 heavy (non-hydrogen) atoms. The third-order valence-corrected chi connectivity index (χ3v) is 9.77. The van der Waals surface area contributed by atoms with Crippen LogP contribution in [0.3, 0.4) is 0 Å². The summed E-state index contributed by atoms with van der Waals surface area (Å²) in [6.45, 7) is 25.7. The molecule has 0 N–H and O–H groups in total. The lowest BCUT2D eigenvalue weighted by atomic mass is 9.70. The number of carbonyl (C=O) groups is 2. The third-order valence-electron chi connectivity index (χ3n) is 9.77. The number of hydrogen-bond donors (Lipinski definition) is 0. The molecule has 0 aromatic heterocycles. The minimum atomic E-state index is -0.308. The first-order valence-corrected chi connectivity index (χ1v) is 16.2. The number of rotatable bonds is 0. The van der Waals surface area contributed by atoms with Crippen LogP contribution in [0.5, 0.6) is 0 Å². The molecule has 2 heteroatoms. The minimum absolute atomic E-state index is 0.146. The van der Waals surface area contributed by atoms with E-state index >= 15 is 0 Å². The maximum Gasteiger partial charge on any atom is 0.186 e. The lowest BCUT2D eigenvalue weighted by Gasteiger charge is -2.33. The molecule has 228 valence electrons. The zero-order chi connectivity index (χ0) is 32.3.